The van der Waals surface area contributed by atoms with Gasteiger partial charge in [-0.15, -0.1) is 0 Å². The van der Waals surface area contributed by atoms with Gasteiger partial charge >= 0.3 is 0 Å². The summed E-state index contributed by atoms with van der Waals surface area (Å²) < 4.78 is 32.7. The third-order valence-electron chi connectivity index (χ3n) is 3.16. The fourth-order valence-corrected chi connectivity index (χ4v) is 2.20. The van der Waals surface area contributed by atoms with E-state index in [1.54, 1.807) is 6.07 Å². The number of furan rings is 1. The molecule has 104 valence electrons. The smallest absolute Gasteiger partial charge is 0.172 e. The maximum atomic E-state index is 13.6. The first-order chi connectivity index (χ1) is 9.17. The molecule has 0 bridgehead atoms. The van der Waals surface area contributed by atoms with Crippen LogP contribution in [0.3, 0.4) is 0 Å². The highest BCUT2D eigenvalue weighted by atomic mass is 19.1. The van der Waals surface area contributed by atoms with Crippen LogP contribution in [-0.4, -0.2) is 6.54 Å². The molecule has 0 amide bonds. The fraction of sp³-hybridized carbons (Fsp3) is 0.467. The van der Waals surface area contributed by atoms with E-state index in [-0.39, 0.29) is 17.0 Å². The van der Waals surface area contributed by atoms with E-state index in [0.29, 0.717) is 5.76 Å². The molecule has 0 fully saturated rings. The Hall–Kier alpha value is -1.42. The van der Waals surface area contributed by atoms with Crippen LogP contribution in [0.5, 0.6) is 0 Å². The van der Waals surface area contributed by atoms with Gasteiger partial charge in [-0.2, -0.15) is 0 Å². The lowest BCUT2D eigenvalue weighted by molar-refractivity contribution is 0.403. The van der Waals surface area contributed by atoms with Crippen LogP contribution in [0.25, 0.3) is 11.0 Å². The quantitative estimate of drug-likeness (QED) is 0.830. The van der Waals surface area contributed by atoms with Gasteiger partial charge in [0, 0.05) is 0 Å². The standard InChI is InChI=1S/C15H19F2NO/c1-3-5-13(18-8-4-2)14-9-10-11(16)6-7-12(17)15(10)19-14/h6-7,9,13,18H,3-5,8H2,1-2H3. The second-order valence-corrected chi connectivity index (χ2v) is 4.72. The van der Waals surface area contributed by atoms with Gasteiger partial charge in [-0.05, 0) is 37.6 Å². The summed E-state index contributed by atoms with van der Waals surface area (Å²) in [4.78, 5) is 0. The molecule has 0 spiro atoms. The molecule has 0 radical (unpaired) electrons. The summed E-state index contributed by atoms with van der Waals surface area (Å²) in [5.74, 6) is -0.361. The van der Waals surface area contributed by atoms with E-state index in [2.05, 4.69) is 19.2 Å². The first-order valence-electron chi connectivity index (χ1n) is 6.78. The Morgan fingerprint density at radius 1 is 1.16 bits per heavy atom. The molecule has 1 atom stereocenters. The lowest BCUT2D eigenvalue weighted by atomic mass is 10.1. The number of fused-ring (bicyclic) bond motifs is 1. The summed E-state index contributed by atoms with van der Waals surface area (Å²) in [5.41, 5.74) is 0.00871. The maximum Gasteiger partial charge on any atom is 0.172 e. The molecule has 1 aromatic carbocycles. The molecule has 2 rings (SSSR count). The molecule has 1 aromatic heterocycles. The molecule has 19 heavy (non-hydrogen) atoms. The highest BCUT2D eigenvalue weighted by molar-refractivity contribution is 5.79. The van der Waals surface area contributed by atoms with Crippen molar-refractivity contribution in [1.82, 2.24) is 5.32 Å². The largest absolute Gasteiger partial charge is 0.456 e. The SMILES string of the molecule is CCCNC(CCC)c1cc2c(F)ccc(F)c2o1. The average Bonchev–Trinajstić information content (AvgIpc) is 2.85. The van der Waals surface area contributed by atoms with E-state index in [4.69, 9.17) is 4.42 Å². The number of nitrogens with one attached hydrogen (secondary N) is 1. The minimum Gasteiger partial charge on any atom is -0.456 e. The van der Waals surface area contributed by atoms with Gasteiger partial charge in [-0.3, -0.25) is 0 Å². The Bertz CT molecular complexity index is 511. The molecular formula is C15H19F2NO. The van der Waals surface area contributed by atoms with E-state index in [0.717, 1.165) is 37.9 Å². The first-order valence-corrected chi connectivity index (χ1v) is 6.78. The van der Waals surface area contributed by atoms with Crippen molar-refractivity contribution in [1.29, 1.82) is 0 Å². The average molecular weight is 267 g/mol. The predicted octanol–water partition coefficient (Wildman–Crippen LogP) is 4.55. The summed E-state index contributed by atoms with van der Waals surface area (Å²) in [7, 11) is 0. The number of benzene rings is 1. The second kappa shape index (κ2) is 6.15. The van der Waals surface area contributed by atoms with Crippen molar-refractivity contribution in [3.63, 3.8) is 0 Å². The van der Waals surface area contributed by atoms with Gasteiger partial charge in [0.15, 0.2) is 11.4 Å². The van der Waals surface area contributed by atoms with Crippen LogP contribution in [0.15, 0.2) is 22.6 Å². The maximum absolute atomic E-state index is 13.6. The molecule has 0 aliphatic rings. The molecule has 0 aliphatic carbocycles. The number of halogens is 2. The first kappa shape index (κ1) is 14.0. The molecule has 4 heteroatoms. The molecule has 2 aromatic rings. The lowest BCUT2D eigenvalue weighted by Gasteiger charge is -2.14. The molecule has 0 saturated heterocycles. The summed E-state index contributed by atoms with van der Waals surface area (Å²) >= 11 is 0. The van der Waals surface area contributed by atoms with Crippen LogP contribution in [-0.2, 0) is 0 Å². The van der Waals surface area contributed by atoms with Crippen LogP contribution in [0.1, 0.15) is 44.9 Å². The van der Waals surface area contributed by atoms with Crippen molar-refractivity contribution in [2.75, 3.05) is 6.54 Å². The number of hydrogen-bond donors (Lipinski definition) is 1. The van der Waals surface area contributed by atoms with Crippen molar-refractivity contribution in [2.45, 2.75) is 39.2 Å². The lowest BCUT2D eigenvalue weighted by Crippen LogP contribution is -2.21. The predicted molar refractivity (Wildman–Crippen MR) is 72.1 cm³/mol. The Morgan fingerprint density at radius 3 is 2.53 bits per heavy atom. The van der Waals surface area contributed by atoms with Gasteiger partial charge in [-0.1, -0.05) is 20.3 Å². The van der Waals surface area contributed by atoms with Crippen molar-refractivity contribution < 1.29 is 13.2 Å². The zero-order valence-corrected chi connectivity index (χ0v) is 11.3. The normalized spacial score (nSPS) is 13.1. The van der Waals surface area contributed by atoms with Crippen LogP contribution >= 0.6 is 0 Å². The zero-order chi connectivity index (χ0) is 13.8. The molecule has 0 saturated carbocycles. The van der Waals surface area contributed by atoms with E-state index in [1.165, 1.54) is 0 Å². The van der Waals surface area contributed by atoms with Gasteiger partial charge in [0.2, 0.25) is 0 Å². The van der Waals surface area contributed by atoms with E-state index in [9.17, 15) is 8.78 Å². The van der Waals surface area contributed by atoms with Crippen molar-refractivity contribution in [2.24, 2.45) is 0 Å². The monoisotopic (exact) mass is 267 g/mol. The molecule has 0 aliphatic heterocycles. The Balaban J connectivity index is 2.37. The fourth-order valence-electron chi connectivity index (χ4n) is 2.20. The van der Waals surface area contributed by atoms with Crippen LogP contribution in [0, 0.1) is 11.6 Å². The topological polar surface area (TPSA) is 25.2 Å². The van der Waals surface area contributed by atoms with Crippen molar-refractivity contribution in [3.8, 4) is 0 Å². The van der Waals surface area contributed by atoms with Gasteiger partial charge in [0.05, 0.1) is 11.4 Å². The van der Waals surface area contributed by atoms with Gasteiger partial charge in [0.25, 0.3) is 0 Å². The summed E-state index contributed by atoms with van der Waals surface area (Å²) in [6.45, 7) is 5.01. The number of hydrogen-bond acceptors (Lipinski definition) is 2. The van der Waals surface area contributed by atoms with E-state index >= 15 is 0 Å². The summed E-state index contributed by atoms with van der Waals surface area (Å²) in [6.07, 6.45) is 2.86. The zero-order valence-electron chi connectivity index (χ0n) is 11.3. The minimum absolute atomic E-state index is 0.00871. The van der Waals surface area contributed by atoms with Crippen LogP contribution in [0.4, 0.5) is 8.78 Å². The molecule has 2 nitrogen and oxygen atoms in total. The third-order valence-corrected chi connectivity index (χ3v) is 3.16. The van der Waals surface area contributed by atoms with Crippen molar-refractivity contribution >= 4 is 11.0 Å². The number of rotatable bonds is 6. The molecule has 1 N–H and O–H groups in total. The molecule has 1 heterocycles. The van der Waals surface area contributed by atoms with E-state index in [1.807, 2.05) is 0 Å². The van der Waals surface area contributed by atoms with E-state index < -0.39 is 11.6 Å². The highest BCUT2D eigenvalue weighted by Crippen LogP contribution is 2.29. The molecular weight excluding hydrogens is 248 g/mol. The Morgan fingerprint density at radius 2 is 1.89 bits per heavy atom. The third kappa shape index (κ3) is 2.95. The van der Waals surface area contributed by atoms with Gasteiger partial charge in [0.1, 0.15) is 11.6 Å². The summed E-state index contributed by atoms with van der Waals surface area (Å²) in [5, 5.41) is 3.56. The van der Waals surface area contributed by atoms with Crippen LogP contribution in [0.2, 0.25) is 0 Å². The molecule has 1 unspecified atom stereocenters. The van der Waals surface area contributed by atoms with Gasteiger partial charge in [-0.25, -0.2) is 8.78 Å². The van der Waals surface area contributed by atoms with Crippen LogP contribution < -0.4 is 5.32 Å². The van der Waals surface area contributed by atoms with Crippen molar-refractivity contribution in [3.05, 3.63) is 35.6 Å². The summed E-state index contributed by atoms with van der Waals surface area (Å²) in [6, 6.07) is 3.84. The minimum atomic E-state index is -0.520. The Kier molecular flexibility index (Phi) is 4.53. The second-order valence-electron chi connectivity index (χ2n) is 4.72. The Labute approximate surface area is 111 Å². The van der Waals surface area contributed by atoms with Gasteiger partial charge < -0.3 is 9.73 Å². The highest BCUT2D eigenvalue weighted by Gasteiger charge is 2.18.